The number of halogens is 1. The summed E-state index contributed by atoms with van der Waals surface area (Å²) in [5.41, 5.74) is 6.32. The molecule has 0 spiro atoms. The standard InChI is InChI=1S/C30H24FN3O3/c1-2-36-24-13-9-21(10-14-24)29-26(19-33-34-30(35)22-15-17-32-18-16-22)28(20-7-11-23(31)12-8-20)25-5-3-4-6-27(25)37-29/h3-19,28H,2H2,1H3,(H,34,35). The minimum absolute atomic E-state index is 0.311. The van der Waals surface area contributed by atoms with Crippen LogP contribution in [0.4, 0.5) is 4.39 Å². The van der Waals surface area contributed by atoms with Gasteiger partial charge in [-0.15, -0.1) is 0 Å². The van der Waals surface area contributed by atoms with E-state index in [0.29, 0.717) is 29.3 Å². The van der Waals surface area contributed by atoms with E-state index in [2.05, 4.69) is 15.5 Å². The van der Waals surface area contributed by atoms with Crippen LogP contribution in [0.25, 0.3) is 5.76 Å². The molecule has 0 fully saturated rings. The fourth-order valence-electron chi connectivity index (χ4n) is 4.25. The lowest BCUT2D eigenvalue weighted by atomic mass is 9.81. The molecule has 1 unspecified atom stereocenters. The summed E-state index contributed by atoms with van der Waals surface area (Å²) >= 11 is 0. The summed E-state index contributed by atoms with van der Waals surface area (Å²) in [6.45, 7) is 2.49. The lowest BCUT2D eigenvalue weighted by molar-refractivity contribution is 0.0955. The van der Waals surface area contributed by atoms with E-state index in [4.69, 9.17) is 9.47 Å². The van der Waals surface area contributed by atoms with Gasteiger partial charge in [0.25, 0.3) is 5.91 Å². The van der Waals surface area contributed by atoms with Crippen LogP contribution in [0.15, 0.2) is 108 Å². The largest absolute Gasteiger partial charge is 0.494 e. The molecule has 184 valence electrons. The number of nitrogens with one attached hydrogen (secondary N) is 1. The quantitative estimate of drug-likeness (QED) is 0.254. The van der Waals surface area contributed by atoms with Gasteiger partial charge >= 0.3 is 0 Å². The van der Waals surface area contributed by atoms with Crippen molar-refractivity contribution < 1.29 is 18.7 Å². The van der Waals surface area contributed by atoms with Gasteiger partial charge in [0.05, 0.1) is 12.8 Å². The molecule has 1 N–H and O–H groups in total. The first-order valence-electron chi connectivity index (χ1n) is 11.9. The van der Waals surface area contributed by atoms with Crippen LogP contribution in [-0.4, -0.2) is 23.7 Å². The number of carbonyl (C=O) groups excluding carboxylic acids is 1. The molecule has 5 rings (SSSR count). The smallest absolute Gasteiger partial charge is 0.271 e. The Kier molecular flexibility index (Phi) is 7.03. The molecule has 0 saturated carbocycles. The first kappa shape index (κ1) is 23.9. The highest BCUT2D eigenvalue weighted by Gasteiger charge is 2.31. The number of para-hydroxylation sites is 1. The van der Waals surface area contributed by atoms with E-state index in [0.717, 1.165) is 22.4 Å². The molecule has 6 nitrogen and oxygen atoms in total. The Morgan fingerprint density at radius 1 is 1.03 bits per heavy atom. The number of fused-ring (bicyclic) bond motifs is 1. The number of benzene rings is 3. The maximum Gasteiger partial charge on any atom is 0.271 e. The third kappa shape index (κ3) is 5.26. The van der Waals surface area contributed by atoms with E-state index in [-0.39, 0.29) is 17.6 Å². The number of carbonyl (C=O) groups is 1. The number of hydrazone groups is 1. The van der Waals surface area contributed by atoms with Gasteiger partial charge in [0, 0.05) is 40.6 Å². The van der Waals surface area contributed by atoms with Crippen molar-refractivity contribution in [1.29, 1.82) is 0 Å². The fourth-order valence-corrected chi connectivity index (χ4v) is 4.25. The number of pyridine rings is 1. The topological polar surface area (TPSA) is 72.8 Å². The van der Waals surface area contributed by atoms with Crippen molar-refractivity contribution in [2.75, 3.05) is 6.61 Å². The predicted octanol–water partition coefficient (Wildman–Crippen LogP) is 5.97. The highest BCUT2D eigenvalue weighted by molar-refractivity contribution is 5.97. The van der Waals surface area contributed by atoms with E-state index >= 15 is 0 Å². The van der Waals surface area contributed by atoms with Gasteiger partial charge in [-0.1, -0.05) is 30.3 Å². The monoisotopic (exact) mass is 493 g/mol. The normalized spacial score (nSPS) is 14.7. The molecule has 3 aromatic carbocycles. The molecule has 0 radical (unpaired) electrons. The molecular weight excluding hydrogens is 469 g/mol. The van der Waals surface area contributed by atoms with Crippen LogP contribution < -0.4 is 14.9 Å². The molecule has 7 heteroatoms. The zero-order valence-corrected chi connectivity index (χ0v) is 20.1. The summed E-state index contributed by atoms with van der Waals surface area (Å²) in [6.07, 6.45) is 4.68. The van der Waals surface area contributed by atoms with E-state index in [1.165, 1.54) is 12.1 Å². The van der Waals surface area contributed by atoms with Crippen molar-refractivity contribution in [2.24, 2.45) is 5.10 Å². The lowest BCUT2D eigenvalue weighted by Gasteiger charge is -2.30. The summed E-state index contributed by atoms with van der Waals surface area (Å²) in [6, 6.07) is 24.9. The van der Waals surface area contributed by atoms with Gasteiger partial charge in [-0.25, -0.2) is 9.82 Å². The van der Waals surface area contributed by atoms with E-state index in [1.807, 2.05) is 55.5 Å². The van der Waals surface area contributed by atoms with Gasteiger partial charge in [-0.05, 0) is 67.1 Å². The van der Waals surface area contributed by atoms with E-state index in [9.17, 15) is 9.18 Å². The Labute approximate surface area is 214 Å². The molecule has 0 aliphatic carbocycles. The molecule has 1 amide bonds. The van der Waals surface area contributed by atoms with Crippen molar-refractivity contribution in [3.8, 4) is 11.5 Å². The Morgan fingerprint density at radius 3 is 2.49 bits per heavy atom. The summed E-state index contributed by atoms with van der Waals surface area (Å²) in [5, 5.41) is 4.28. The molecule has 2 heterocycles. The second-order valence-electron chi connectivity index (χ2n) is 8.30. The Balaban J connectivity index is 1.60. The summed E-state index contributed by atoms with van der Waals surface area (Å²) in [4.78, 5) is 16.5. The van der Waals surface area contributed by atoms with Gasteiger partial charge in [-0.3, -0.25) is 9.78 Å². The minimum Gasteiger partial charge on any atom is -0.494 e. The molecule has 1 aromatic heterocycles. The third-order valence-electron chi connectivity index (χ3n) is 5.96. The Morgan fingerprint density at radius 2 is 1.76 bits per heavy atom. The average Bonchev–Trinajstić information content (AvgIpc) is 2.94. The number of amides is 1. The highest BCUT2D eigenvalue weighted by Crippen LogP contribution is 2.45. The maximum absolute atomic E-state index is 13.8. The zero-order chi connectivity index (χ0) is 25.6. The van der Waals surface area contributed by atoms with Crippen LogP contribution >= 0.6 is 0 Å². The molecular formula is C30H24FN3O3. The second kappa shape index (κ2) is 10.9. The van der Waals surface area contributed by atoms with Gasteiger partial charge in [0.1, 0.15) is 23.1 Å². The van der Waals surface area contributed by atoms with Crippen molar-refractivity contribution in [1.82, 2.24) is 10.4 Å². The van der Waals surface area contributed by atoms with Gasteiger partial charge in [-0.2, -0.15) is 5.10 Å². The number of hydrogen-bond acceptors (Lipinski definition) is 5. The first-order valence-corrected chi connectivity index (χ1v) is 11.9. The molecule has 37 heavy (non-hydrogen) atoms. The number of ether oxygens (including phenoxy) is 2. The molecule has 0 saturated heterocycles. The minimum atomic E-state index is -0.364. The highest BCUT2D eigenvalue weighted by atomic mass is 19.1. The van der Waals surface area contributed by atoms with Gasteiger partial charge in [0.2, 0.25) is 0 Å². The van der Waals surface area contributed by atoms with Crippen LogP contribution in [0.3, 0.4) is 0 Å². The van der Waals surface area contributed by atoms with Crippen LogP contribution in [0.5, 0.6) is 11.5 Å². The van der Waals surface area contributed by atoms with Crippen LogP contribution in [-0.2, 0) is 0 Å². The first-order chi connectivity index (χ1) is 18.1. The zero-order valence-electron chi connectivity index (χ0n) is 20.1. The lowest BCUT2D eigenvalue weighted by Crippen LogP contribution is -2.21. The molecule has 0 bridgehead atoms. The number of nitrogens with zero attached hydrogens (tertiary/aromatic N) is 2. The summed E-state index contributed by atoms with van der Waals surface area (Å²) in [7, 11) is 0. The number of allylic oxidation sites excluding steroid dienone is 1. The Hall–Kier alpha value is -4.78. The SMILES string of the molecule is CCOc1ccc(C2=C(C=NNC(=O)c3ccncc3)C(c3ccc(F)cc3)c3ccccc3O2)cc1. The molecule has 4 aromatic rings. The summed E-state index contributed by atoms with van der Waals surface area (Å²) in [5.74, 6) is 1.03. The second-order valence-corrected chi connectivity index (χ2v) is 8.30. The summed E-state index contributed by atoms with van der Waals surface area (Å²) < 4.78 is 25.8. The molecule has 1 aliphatic heterocycles. The fraction of sp³-hybridized carbons (Fsp3) is 0.100. The Bertz CT molecular complexity index is 1450. The van der Waals surface area contributed by atoms with Gasteiger partial charge < -0.3 is 9.47 Å². The van der Waals surface area contributed by atoms with E-state index in [1.54, 1.807) is 42.9 Å². The predicted molar refractivity (Wildman–Crippen MR) is 140 cm³/mol. The van der Waals surface area contributed by atoms with Gasteiger partial charge in [0.15, 0.2) is 0 Å². The average molecular weight is 494 g/mol. The molecule has 1 atom stereocenters. The number of rotatable bonds is 7. The number of hydrogen-bond donors (Lipinski definition) is 1. The van der Waals surface area contributed by atoms with Crippen molar-refractivity contribution in [2.45, 2.75) is 12.8 Å². The third-order valence-corrected chi connectivity index (χ3v) is 5.96. The molecule has 1 aliphatic rings. The van der Waals surface area contributed by atoms with Crippen molar-refractivity contribution in [3.63, 3.8) is 0 Å². The van der Waals surface area contributed by atoms with Crippen molar-refractivity contribution in [3.05, 3.63) is 131 Å². The maximum atomic E-state index is 13.8. The number of aromatic nitrogens is 1. The van der Waals surface area contributed by atoms with E-state index < -0.39 is 0 Å². The van der Waals surface area contributed by atoms with Crippen molar-refractivity contribution >= 4 is 17.9 Å². The van der Waals surface area contributed by atoms with Crippen LogP contribution in [0.2, 0.25) is 0 Å². The van der Waals surface area contributed by atoms with Crippen LogP contribution in [0.1, 0.15) is 39.9 Å². The van der Waals surface area contributed by atoms with Crippen LogP contribution in [0, 0.1) is 5.82 Å².